The molecular weight excluding hydrogens is 386 g/mol. The normalized spacial score (nSPS) is 21.5. The number of rotatable bonds is 6. The molecule has 2 aromatic rings. The van der Waals surface area contributed by atoms with Crippen LogP contribution in [0.1, 0.15) is 12.2 Å². The molecular formula is C16H16ClNO5S2. The molecule has 25 heavy (non-hydrogen) atoms. The lowest BCUT2D eigenvalue weighted by molar-refractivity contribution is -0.140. The highest BCUT2D eigenvalue weighted by molar-refractivity contribution is 7.99. The van der Waals surface area contributed by atoms with E-state index >= 15 is 0 Å². The topological polar surface area (TPSA) is 87.8 Å². The predicted octanol–water partition coefficient (Wildman–Crippen LogP) is 3.08. The van der Waals surface area contributed by atoms with Gasteiger partial charge in [0.2, 0.25) is 10.0 Å². The lowest BCUT2D eigenvalue weighted by Crippen LogP contribution is -2.40. The molecule has 0 bridgehead atoms. The van der Waals surface area contributed by atoms with Crippen LogP contribution in [-0.4, -0.2) is 41.6 Å². The number of aliphatic carboxylic acids is 1. The Bertz CT molecular complexity index is 836. The smallest absolute Gasteiger partial charge is 0.322 e. The van der Waals surface area contributed by atoms with Gasteiger partial charge in [-0.2, -0.15) is 4.31 Å². The van der Waals surface area contributed by atoms with Crippen LogP contribution in [0, 0.1) is 0 Å². The van der Waals surface area contributed by atoms with E-state index in [4.69, 9.17) is 16.0 Å². The van der Waals surface area contributed by atoms with E-state index in [-0.39, 0.29) is 23.1 Å². The molecule has 1 aromatic carbocycles. The second-order valence-corrected chi connectivity index (χ2v) is 9.25. The number of sulfonamides is 1. The van der Waals surface area contributed by atoms with Crippen LogP contribution in [-0.2, 0) is 20.6 Å². The van der Waals surface area contributed by atoms with Gasteiger partial charge in [0.25, 0.3) is 0 Å². The molecule has 1 aliphatic rings. The van der Waals surface area contributed by atoms with Crippen LogP contribution in [0.15, 0.2) is 52.0 Å². The van der Waals surface area contributed by atoms with Gasteiger partial charge in [-0.1, -0.05) is 11.6 Å². The van der Waals surface area contributed by atoms with Crippen molar-refractivity contribution in [2.45, 2.75) is 28.4 Å². The lowest BCUT2D eigenvalue weighted by atomic mass is 10.2. The number of hydrogen-bond acceptors (Lipinski definition) is 5. The molecule has 2 atom stereocenters. The monoisotopic (exact) mass is 401 g/mol. The zero-order chi connectivity index (χ0) is 18.0. The van der Waals surface area contributed by atoms with Crippen molar-refractivity contribution < 1.29 is 22.7 Å². The van der Waals surface area contributed by atoms with Gasteiger partial charge in [-0.25, -0.2) is 8.42 Å². The average Bonchev–Trinajstić information content (AvgIpc) is 3.23. The SMILES string of the molecule is O=C(O)C1CC(SCc2ccco2)CN1S(=O)(=O)c1ccc(Cl)cc1. The van der Waals surface area contributed by atoms with Crippen LogP contribution in [0.2, 0.25) is 5.02 Å². The largest absolute Gasteiger partial charge is 0.480 e. The molecule has 3 rings (SSSR count). The zero-order valence-corrected chi connectivity index (χ0v) is 15.4. The van der Waals surface area contributed by atoms with Crippen molar-refractivity contribution in [3.8, 4) is 0 Å². The fraction of sp³-hybridized carbons (Fsp3) is 0.312. The lowest BCUT2D eigenvalue weighted by Gasteiger charge is -2.21. The molecule has 1 N–H and O–H groups in total. The molecule has 1 aliphatic heterocycles. The Hall–Kier alpha value is -1.48. The van der Waals surface area contributed by atoms with Gasteiger partial charge in [0.15, 0.2) is 0 Å². The maximum atomic E-state index is 12.8. The summed E-state index contributed by atoms with van der Waals surface area (Å²) in [6.07, 6.45) is 1.83. The van der Waals surface area contributed by atoms with Crippen molar-refractivity contribution in [1.82, 2.24) is 4.31 Å². The third kappa shape index (κ3) is 4.03. The van der Waals surface area contributed by atoms with Crippen molar-refractivity contribution in [3.05, 3.63) is 53.4 Å². The number of carbonyl (C=O) groups is 1. The summed E-state index contributed by atoms with van der Waals surface area (Å²) in [5.41, 5.74) is 0. The van der Waals surface area contributed by atoms with Gasteiger partial charge in [0, 0.05) is 16.8 Å². The Labute approximate surface area is 154 Å². The van der Waals surface area contributed by atoms with Crippen LogP contribution in [0.5, 0.6) is 0 Å². The highest BCUT2D eigenvalue weighted by Gasteiger charge is 2.44. The fourth-order valence-electron chi connectivity index (χ4n) is 2.72. The Kier molecular flexibility index (Phi) is 5.43. The van der Waals surface area contributed by atoms with Crippen molar-refractivity contribution in [2.24, 2.45) is 0 Å². The van der Waals surface area contributed by atoms with E-state index in [0.29, 0.717) is 10.8 Å². The molecule has 0 saturated carbocycles. The third-order valence-corrected chi connectivity index (χ3v) is 7.37. The van der Waals surface area contributed by atoms with Gasteiger partial charge in [-0.3, -0.25) is 4.79 Å². The first-order valence-corrected chi connectivity index (χ1v) is 10.4. The molecule has 0 radical (unpaired) electrons. The second kappa shape index (κ2) is 7.41. The number of furan rings is 1. The maximum absolute atomic E-state index is 12.8. The molecule has 1 aromatic heterocycles. The maximum Gasteiger partial charge on any atom is 0.322 e. The van der Waals surface area contributed by atoms with E-state index in [1.165, 1.54) is 36.0 Å². The van der Waals surface area contributed by atoms with Crippen LogP contribution in [0.25, 0.3) is 0 Å². The Balaban J connectivity index is 1.78. The number of thioether (sulfide) groups is 1. The summed E-state index contributed by atoms with van der Waals surface area (Å²) in [6.45, 7) is 0.146. The summed E-state index contributed by atoms with van der Waals surface area (Å²) in [4.78, 5) is 11.6. The molecule has 0 aliphatic carbocycles. The molecule has 0 amide bonds. The Morgan fingerprint density at radius 1 is 1.32 bits per heavy atom. The molecule has 2 heterocycles. The van der Waals surface area contributed by atoms with E-state index in [1.807, 2.05) is 6.07 Å². The minimum absolute atomic E-state index is 0.0415. The quantitative estimate of drug-likeness (QED) is 0.800. The summed E-state index contributed by atoms with van der Waals surface area (Å²) >= 11 is 7.30. The highest BCUT2D eigenvalue weighted by Crippen LogP contribution is 2.34. The predicted molar refractivity (Wildman–Crippen MR) is 95.2 cm³/mol. The first kappa shape index (κ1) is 18.3. The van der Waals surface area contributed by atoms with Crippen molar-refractivity contribution in [1.29, 1.82) is 0 Å². The number of halogens is 1. The fourth-order valence-corrected chi connectivity index (χ4v) is 5.72. The van der Waals surface area contributed by atoms with Crippen LogP contribution in [0.3, 0.4) is 0 Å². The molecule has 134 valence electrons. The summed E-state index contributed by atoms with van der Waals surface area (Å²) in [6, 6.07) is 8.27. The minimum atomic E-state index is -3.90. The van der Waals surface area contributed by atoms with Crippen LogP contribution < -0.4 is 0 Å². The van der Waals surface area contributed by atoms with Crippen molar-refractivity contribution in [2.75, 3.05) is 6.54 Å². The molecule has 0 spiro atoms. The van der Waals surface area contributed by atoms with Gasteiger partial charge >= 0.3 is 5.97 Å². The van der Waals surface area contributed by atoms with Crippen LogP contribution >= 0.6 is 23.4 Å². The second-order valence-electron chi connectivity index (χ2n) is 5.63. The number of carboxylic acids is 1. The van der Waals surface area contributed by atoms with E-state index in [0.717, 1.165) is 10.1 Å². The summed E-state index contributed by atoms with van der Waals surface area (Å²) < 4.78 is 32.0. The van der Waals surface area contributed by atoms with E-state index < -0.39 is 22.0 Å². The molecule has 6 nitrogen and oxygen atoms in total. The Morgan fingerprint density at radius 3 is 2.64 bits per heavy atom. The van der Waals surface area contributed by atoms with Crippen LogP contribution in [0.4, 0.5) is 0 Å². The Morgan fingerprint density at radius 2 is 2.04 bits per heavy atom. The number of hydrogen-bond donors (Lipinski definition) is 1. The standard InChI is InChI=1S/C16H16ClNO5S2/c17-11-3-5-14(6-4-11)25(21,22)18-9-13(8-15(18)16(19)20)24-10-12-2-1-7-23-12/h1-7,13,15H,8-10H2,(H,19,20). The minimum Gasteiger partial charge on any atom is -0.480 e. The van der Waals surface area contributed by atoms with E-state index in [1.54, 1.807) is 12.3 Å². The van der Waals surface area contributed by atoms with Crippen molar-refractivity contribution in [3.63, 3.8) is 0 Å². The van der Waals surface area contributed by atoms with Gasteiger partial charge in [0.1, 0.15) is 11.8 Å². The summed E-state index contributed by atoms with van der Waals surface area (Å²) in [5, 5.41) is 9.75. The molecule has 1 saturated heterocycles. The zero-order valence-electron chi connectivity index (χ0n) is 13.0. The van der Waals surface area contributed by atoms with Crippen molar-refractivity contribution >= 4 is 39.4 Å². The number of nitrogens with zero attached hydrogens (tertiary/aromatic N) is 1. The first-order chi connectivity index (χ1) is 11.9. The number of carboxylic acid groups (broad SMARTS) is 1. The van der Waals surface area contributed by atoms with E-state index in [2.05, 4.69) is 0 Å². The van der Waals surface area contributed by atoms with Gasteiger partial charge < -0.3 is 9.52 Å². The average molecular weight is 402 g/mol. The third-order valence-electron chi connectivity index (χ3n) is 3.96. The number of benzene rings is 1. The molecule has 9 heteroatoms. The van der Waals surface area contributed by atoms with Gasteiger partial charge in [-0.05, 0) is 42.8 Å². The van der Waals surface area contributed by atoms with E-state index in [9.17, 15) is 18.3 Å². The van der Waals surface area contributed by atoms with Gasteiger partial charge in [-0.15, -0.1) is 11.8 Å². The molecule has 2 unspecified atom stereocenters. The highest BCUT2D eigenvalue weighted by atomic mass is 35.5. The summed E-state index contributed by atoms with van der Waals surface area (Å²) in [5.74, 6) is 0.202. The summed E-state index contributed by atoms with van der Waals surface area (Å²) in [7, 11) is -3.90. The van der Waals surface area contributed by atoms with Gasteiger partial charge in [0.05, 0.1) is 16.9 Å². The first-order valence-electron chi connectivity index (χ1n) is 7.52. The molecule has 1 fully saturated rings.